The number of aromatic nitrogens is 4. The number of aryl methyl sites for hydroxylation is 2. The first-order valence-corrected chi connectivity index (χ1v) is 13.5. The molecule has 10 heteroatoms. The lowest BCUT2D eigenvalue weighted by atomic mass is 10.1. The number of anilines is 2. The summed E-state index contributed by atoms with van der Waals surface area (Å²) in [5.41, 5.74) is 9.43. The van der Waals surface area contributed by atoms with Crippen molar-refractivity contribution in [2.24, 2.45) is 0 Å². The third-order valence-electron chi connectivity index (χ3n) is 7.15. The zero-order valence-electron chi connectivity index (χ0n) is 23.0. The van der Waals surface area contributed by atoms with Crippen LogP contribution in [0.3, 0.4) is 0 Å². The largest absolute Gasteiger partial charge is 0.368 e. The molecule has 5 rings (SSSR count). The first-order valence-electron chi connectivity index (χ1n) is 13.5. The van der Waals surface area contributed by atoms with E-state index in [9.17, 15) is 9.59 Å². The highest BCUT2D eigenvalue weighted by Crippen LogP contribution is 2.28. The molecule has 0 aliphatic carbocycles. The number of fused-ring (bicyclic) bond motifs is 1. The predicted molar refractivity (Wildman–Crippen MR) is 158 cm³/mol. The van der Waals surface area contributed by atoms with Gasteiger partial charge in [0.05, 0.1) is 28.3 Å². The van der Waals surface area contributed by atoms with Gasteiger partial charge in [-0.25, -0.2) is 9.97 Å². The predicted octanol–water partition coefficient (Wildman–Crippen LogP) is 3.38. The molecule has 0 bridgehead atoms. The van der Waals surface area contributed by atoms with Crippen molar-refractivity contribution in [3.63, 3.8) is 0 Å². The molecule has 1 amide bonds. The number of piperazine rings is 1. The second kappa shape index (κ2) is 11.7. The van der Waals surface area contributed by atoms with Crippen molar-refractivity contribution in [3.8, 4) is 5.69 Å². The van der Waals surface area contributed by atoms with E-state index in [-0.39, 0.29) is 17.4 Å². The fourth-order valence-corrected chi connectivity index (χ4v) is 5.05. The van der Waals surface area contributed by atoms with Crippen LogP contribution in [0, 0.1) is 13.8 Å². The van der Waals surface area contributed by atoms with Gasteiger partial charge in [0.2, 0.25) is 11.9 Å². The number of nitrogens with two attached hydrogens (primary N) is 1. The van der Waals surface area contributed by atoms with Gasteiger partial charge < -0.3 is 21.3 Å². The molecule has 1 aliphatic heterocycles. The molecule has 10 nitrogen and oxygen atoms in total. The number of para-hydroxylation sites is 1. The maximum absolute atomic E-state index is 13.9. The summed E-state index contributed by atoms with van der Waals surface area (Å²) in [7, 11) is 0. The van der Waals surface area contributed by atoms with E-state index in [1.807, 2.05) is 74.2 Å². The smallest absolute Gasteiger partial charge is 0.266 e. The minimum atomic E-state index is -0.400. The number of hydrogen-bond donors (Lipinski definition) is 3. The highest BCUT2D eigenvalue weighted by atomic mass is 16.2. The second-order valence-electron chi connectivity index (χ2n) is 9.86. The number of carbonyl (C=O) groups is 1. The molecule has 4 aromatic rings. The van der Waals surface area contributed by atoms with Gasteiger partial charge in [-0.3, -0.25) is 14.2 Å². The molecule has 0 spiro atoms. The van der Waals surface area contributed by atoms with E-state index in [2.05, 4.69) is 20.6 Å². The van der Waals surface area contributed by atoms with Crippen LogP contribution in [0.4, 0.5) is 11.8 Å². The number of nitrogens with one attached hydrogen (secondary N) is 2. The van der Waals surface area contributed by atoms with E-state index in [0.717, 1.165) is 24.3 Å². The average Bonchev–Trinajstić information content (AvgIpc) is 2.96. The fourth-order valence-electron chi connectivity index (χ4n) is 5.05. The van der Waals surface area contributed by atoms with E-state index in [1.54, 1.807) is 16.7 Å². The Labute approximate surface area is 233 Å². The fraction of sp³-hybridized carbons (Fsp3) is 0.300. The summed E-state index contributed by atoms with van der Waals surface area (Å²) >= 11 is 0. The molecule has 3 heterocycles. The van der Waals surface area contributed by atoms with Gasteiger partial charge in [-0.15, -0.1) is 0 Å². The SMILES string of the molecule is CCC(Nc1nc(N)nc(C)c1/C=C/C(=O)N1CCNCC1)c1nc2cccc(C)c2c(=O)n1-c1ccccc1. The molecule has 1 fully saturated rings. The lowest BCUT2D eigenvalue weighted by Crippen LogP contribution is -2.45. The minimum Gasteiger partial charge on any atom is -0.368 e. The molecule has 4 N–H and O–H groups in total. The molecular weight excluding hydrogens is 504 g/mol. The Morgan fingerprint density at radius 2 is 1.82 bits per heavy atom. The topological polar surface area (TPSA) is 131 Å². The molecule has 40 heavy (non-hydrogen) atoms. The van der Waals surface area contributed by atoms with E-state index in [4.69, 9.17) is 10.7 Å². The summed E-state index contributed by atoms with van der Waals surface area (Å²) in [6.07, 6.45) is 3.88. The zero-order chi connectivity index (χ0) is 28.2. The molecule has 1 unspecified atom stereocenters. The zero-order valence-corrected chi connectivity index (χ0v) is 23.0. The van der Waals surface area contributed by atoms with Gasteiger partial charge in [-0.05, 0) is 50.1 Å². The molecule has 0 saturated carbocycles. The molecule has 2 aromatic carbocycles. The highest BCUT2D eigenvalue weighted by Gasteiger charge is 2.23. The number of hydrogen-bond acceptors (Lipinski definition) is 8. The standard InChI is InChI=1S/C30H34N8O2/c1-4-23(28-35-24-12-8-9-19(2)26(24)29(40)38(28)21-10-6-5-7-11-21)34-27-22(20(3)33-30(31)36-27)13-14-25(39)37-17-15-32-16-18-37/h5-14,23,32H,4,15-18H2,1-3H3,(H3,31,33,34,36)/b14-13+. The third kappa shape index (κ3) is 5.43. The molecule has 206 valence electrons. The minimum absolute atomic E-state index is 0.0693. The Kier molecular flexibility index (Phi) is 7.88. The van der Waals surface area contributed by atoms with Crippen LogP contribution in [-0.4, -0.2) is 56.5 Å². The Hall–Kier alpha value is -4.57. The molecule has 1 saturated heterocycles. The summed E-state index contributed by atoms with van der Waals surface area (Å²) in [6.45, 7) is 8.63. The van der Waals surface area contributed by atoms with Crippen molar-refractivity contribution >= 4 is 34.7 Å². The lowest BCUT2D eigenvalue weighted by Gasteiger charge is -2.26. The lowest BCUT2D eigenvalue weighted by molar-refractivity contribution is -0.126. The molecular formula is C30H34N8O2. The second-order valence-corrected chi connectivity index (χ2v) is 9.86. The van der Waals surface area contributed by atoms with Crippen LogP contribution in [-0.2, 0) is 4.79 Å². The molecule has 2 aromatic heterocycles. The molecule has 0 radical (unpaired) electrons. The van der Waals surface area contributed by atoms with Crippen molar-refractivity contribution in [2.75, 3.05) is 37.2 Å². The van der Waals surface area contributed by atoms with Gasteiger partial charge in [0.15, 0.2) is 0 Å². The normalized spacial score (nSPS) is 14.5. The Morgan fingerprint density at radius 3 is 2.55 bits per heavy atom. The molecule has 1 atom stereocenters. The van der Waals surface area contributed by atoms with Crippen molar-refractivity contribution in [1.29, 1.82) is 0 Å². The van der Waals surface area contributed by atoms with Crippen molar-refractivity contribution in [3.05, 3.63) is 87.6 Å². The maximum Gasteiger partial charge on any atom is 0.266 e. The summed E-state index contributed by atoms with van der Waals surface area (Å²) in [5.74, 6) is 1.07. The van der Waals surface area contributed by atoms with E-state index < -0.39 is 6.04 Å². The van der Waals surface area contributed by atoms with Crippen molar-refractivity contribution in [1.82, 2.24) is 29.7 Å². The van der Waals surface area contributed by atoms with Crippen LogP contribution in [0.1, 0.15) is 42.0 Å². The maximum atomic E-state index is 13.9. The van der Waals surface area contributed by atoms with Gasteiger partial charge >= 0.3 is 0 Å². The van der Waals surface area contributed by atoms with Gasteiger partial charge in [-0.2, -0.15) is 4.98 Å². The average molecular weight is 539 g/mol. The summed E-state index contributed by atoms with van der Waals surface area (Å²) in [4.78, 5) is 42.4. The summed E-state index contributed by atoms with van der Waals surface area (Å²) < 4.78 is 1.66. The van der Waals surface area contributed by atoms with Gasteiger partial charge in [-0.1, -0.05) is 37.3 Å². The Balaban J connectivity index is 1.59. The van der Waals surface area contributed by atoms with Crippen LogP contribution in [0.25, 0.3) is 22.7 Å². The van der Waals surface area contributed by atoms with E-state index in [1.165, 1.54) is 0 Å². The van der Waals surface area contributed by atoms with E-state index in [0.29, 0.717) is 53.3 Å². The molecule has 1 aliphatic rings. The Bertz CT molecular complexity index is 1620. The monoisotopic (exact) mass is 538 g/mol. The van der Waals surface area contributed by atoms with Gasteiger partial charge in [0.1, 0.15) is 11.6 Å². The van der Waals surface area contributed by atoms with Crippen molar-refractivity contribution in [2.45, 2.75) is 33.2 Å². The number of nitrogen functional groups attached to an aromatic ring is 1. The van der Waals surface area contributed by atoms with Crippen LogP contribution >= 0.6 is 0 Å². The summed E-state index contributed by atoms with van der Waals surface area (Å²) in [5, 5.41) is 7.31. The number of carbonyl (C=O) groups excluding carboxylic acids is 1. The number of nitrogens with zero attached hydrogens (tertiary/aromatic N) is 5. The van der Waals surface area contributed by atoms with Crippen LogP contribution in [0.5, 0.6) is 0 Å². The van der Waals surface area contributed by atoms with Crippen LogP contribution < -0.4 is 21.9 Å². The van der Waals surface area contributed by atoms with E-state index >= 15 is 0 Å². The first kappa shape index (κ1) is 27.0. The number of amides is 1. The third-order valence-corrected chi connectivity index (χ3v) is 7.15. The quantitative estimate of drug-likeness (QED) is 0.305. The van der Waals surface area contributed by atoms with Gasteiger partial charge in [0.25, 0.3) is 5.56 Å². The number of benzene rings is 2. The Morgan fingerprint density at radius 1 is 1.07 bits per heavy atom. The van der Waals surface area contributed by atoms with Crippen molar-refractivity contribution < 1.29 is 4.79 Å². The van der Waals surface area contributed by atoms with Crippen LogP contribution in [0.15, 0.2) is 59.4 Å². The first-order chi connectivity index (χ1) is 19.4. The summed E-state index contributed by atoms with van der Waals surface area (Å²) in [6, 6.07) is 14.8. The van der Waals surface area contributed by atoms with Crippen LogP contribution in [0.2, 0.25) is 0 Å². The highest BCUT2D eigenvalue weighted by molar-refractivity contribution is 5.93. The number of rotatable bonds is 7. The van der Waals surface area contributed by atoms with Gasteiger partial charge in [0, 0.05) is 37.8 Å².